The number of hydrogen-bond donors (Lipinski definition) is 0. The van der Waals surface area contributed by atoms with Crippen LogP contribution < -0.4 is 4.90 Å². The Morgan fingerprint density at radius 3 is 1.12 bits per heavy atom. The standard InChI is InChI=1S/C46H31N5O/c1-4-12-32(13-5-1)33-20-26-38(27-21-33)51(40-30-24-37(25-31-40)46-50-49-45(52-46)36-16-8-3-9-17-36)39-28-22-35(23-29-39)44-43(34-14-6-2-7-15-34)47-41-18-10-11-19-42(41)48-44/h1-31H. The van der Waals surface area contributed by atoms with Gasteiger partial charge in [-0.05, 0) is 83.9 Å². The zero-order valence-corrected chi connectivity index (χ0v) is 28.0. The van der Waals surface area contributed by atoms with E-state index in [2.05, 4.69) is 112 Å². The van der Waals surface area contributed by atoms with Gasteiger partial charge in [-0.25, -0.2) is 9.97 Å². The molecule has 9 rings (SSSR count). The second kappa shape index (κ2) is 13.6. The third-order valence-electron chi connectivity index (χ3n) is 9.07. The lowest BCUT2D eigenvalue weighted by Crippen LogP contribution is -2.10. The maximum absolute atomic E-state index is 6.06. The van der Waals surface area contributed by atoms with Gasteiger partial charge in [-0.15, -0.1) is 10.2 Å². The van der Waals surface area contributed by atoms with Gasteiger partial charge in [0.05, 0.1) is 22.4 Å². The number of para-hydroxylation sites is 2. The number of benzene rings is 7. The summed E-state index contributed by atoms with van der Waals surface area (Å²) in [6.45, 7) is 0. The molecule has 0 unspecified atom stereocenters. The Morgan fingerprint density at radius 2 is 0.635 bits per heavy atom. The summed E-state index contributed by atoms with van der Waals surface area (Å²) in [7, 11) is 0. The lowest BCUT2D eigenvalue weighted by atomic mass is 10.0. The number of aromatic nitrogens is 4. The first-order chi connectivity index (χ1) is 25.8. The summed E-state index contributed by atoms with van der Waals surface area (Å²) in [6, 6.07) is 63.9. The predicted octanol–water partition coefficient (Wildman–Crippen LogP) is 11.8. The summed E-state index contributed by atoms with van der Waals surface area (Å²) in [4.78, 5) is 12.4. The van der Waals surface area contributed by atoms with Crippen molar-refractivity contribution in [2.45, 2.75) is 0 Å². The summed E-state index contributed by atoms with van der Waals surface area (Å²) in [5, 5.41) is 8.62. The van der Waals surface area contributed by atoms with Gasteiger partial charge in [0.2, 0.25) is 11.8 Å². The van der Waals surface area contributed by atoms with Crippen LogP contribution in [0.2, 0.25) is 0 Å². The number of anilines is 3. The van der Waals surface area contributed by atoms with E-state index in [1.807, 2.05) is 91.0 Å². The lowest BCUT2D eigenvalue weighted by molar-refractivity contribution is 0.584. The van der Waals surface area contributed by atoms with Gasteiger partial charge in [0.1, 0.15) is 0 Å². The predicted molar refractivity (Wildman–Crippen MR) is 209 cm³/mol. The molecule has 2 heterocycles. The first kappa shape index (κ1) is 30.8. The molecule has 0 aliphatic rings. The molecule has 0 radical (unpaired) electrons. The Kier molecular flexibility index (Phi) is 8.08. The summed E-state index contributed by atoms with van der Waals surface area (Å²) in [5.74, 6) is 0.964. The Morgan fingerprint density at radius 1 is 0.308 bits per heavy atom. The average molecular weight is 670 g/mol. The maximum Gasteiger partial charge on any atom is 0.248 e. The van der Waals surface area contributed by atoms with Crippen LogP contribution in [0.3, 0.4) is 0 Å². The topological polar surface area (TPSA) is 67.9 Å². The molecule has 0 amide bonds. The third kappa shape index (κ3) is 6.10. The number of hydrogen-bond acceptors (Lipinski definition) is 6. The molecule has 0 fully saturated rings. The van der Waals surface area contributed by atoms with Gasteiger partial charge in [-0.3, -0.25) is 0 Å². The molecule has 0 saturated heterocycles. The van der Waals surface area contributed by atoms with Crippen LogP contribution in [0.1, 0.15) is 0 Å². The van der Waals surface area contributed by atoms with Gasteiger partial charge < -0.3 is 9.32 Å². The Labute approximate surface area is 301 Å². The molecule has 0 spiro atoms. The van der Waals surface area contributed by atoms with Gasteiger partial charge >= 0.3 is 0 Å². The number of fused-ring (bicyclic) bond motifs is 1. The van der Waals surface area contributed by atoms with Gasteiger partial charge in [-0.1, -0.05) is 115 Å². The molecule has 0 bridgehead atoms. The van der Waals surface area contributed by atoms with Crippen molar-refractivity contribution in [1.29, 1.82) is 0 Å². The van der Waals surface area contributed by atoms with Crippen LogP contribution in [-0.4, -0.2) is 20.2 Å². The highest BCUT2D eigenvalue weighted by Crippen LogP contribution is 2.39. The highest BCUT2D eigenvalue weighted by atomic mass is 16.4. The molecule has 0 saturated carbocycles. The van der Waals surface area contributed by atoms with E-state index >= 15 is 0 Å². The van der Waals surface area contributed by atoms with E-state index in [0.717, 1.165) is 67.3 Å². The molecule has 0 N–H and O–H groups in total. The number of rotatable bonds is 8. The van der Waals surface area contributed by atoms with Crippen molar-refractivity contribution in [2.24, 2.45) is 0 Å². The summed E-state index contributed by atoms with van der Waals surface area (Å²) < 4.78 is 6.06. The van der Waals surface area contributed by atoms with Crippen molar-refractivity contribution in [3.63, 3.8) is 0 Å². The fraction of sp³-hybridized carbons (Fsp3) is 0. The Balaban J connectivity index is 1.10. The monoisotopic (exact) mass is 669 g/mol. The Bertz CT molecular complexity index is 2590. The first-order valence-electron chi connectivity index (χ1n) is 17.1. The first-order valence-corrected chi connectivity index (χ1v) is 17.1. The van der Waals surface area contributed by atoms with Crippen molar-refractivity contribution in [2.75, 3.05) is 4.90 Å². The highest BCUT2D eigenvalue weighted by Gasteiger charge is 2.18. The van der Waals surface area contributed by atoms with Crippen molar-refractivity contribution >= 4 is 28.1 Å². The Hall–Kier alpha value is -7.18. The van der Waals surface area contributed by atoms with Crippen LogP contribution in [0.15, 0.2) is 192 Å². The molecule has 0 atom stereocenters. The molecule has 0 aliphatic heterocycles. The fourth-order valence-corrected chi connectivity index (χ4v) is 6.44. The smallest absolute Gasteiger partial charge is 0.248 e. The summed E-state index contributed by atoms with van der Waals surface area (Å²) >= 11 is 0. The molecule has 0 aliphatic carbocycles. The van der Waals surface area contributed by atoms with E-state index in [-0.39, 0.29) is 0 Å². The van der Waals surface area contributed by atoms with Gasteiger partial charge in [0.15, 0.2) is 0 Å². The molecular weight excluding hydrogens is 639 g/mol. The van der Waals surface area contributed by atoms with Crippen LogP contribution in [0, 0.1) is 0 Å². The second-order valence-electron chi connectivity index (χ2n) is 12.4. The molecule has 9 aromatic rings. The van der Waals surface area contributed by atoms with E-state index in [9.17, 15) is 0 Å². The SMILES string of the molecule is c1ccc(-c2ccc(N(c3ccc(-c4nnc(-c5ccccc5)o4)cc3)c3ccc(-c4nc5ccccc5nc4-c4ccccc4)cc3)cc2)cc1. The van der Waals surface area contributed by atoms with E-state index < -0.39 is 0 Å². The minimum absolute atomic E-state index is 0.472. The van der Waals surface area contributed by atoms with Crippen LogP contribution in [0.25, 0.3) is 67.6 Å². The quantitative estimate of drug-likeness (QED) is 0.160. The van der Waals surface area contributed by atoms with Crippen LogP contribution in [0.5, 0.6) is 0 Å². The third-order valence-corrected chi connectivity index (χ3v) is 9.07. The molecular formula is C46H31N5O. The molecule has 246 valence electrons. The summed E-state index contributed by atoms with van der Waals surface area (Å²) in [5.41, 5.74) is 12.5. The molecule has 7 aromatic carbocycles. The minimum Gasteiger partial charge on any atom is -0.416 e. The molecule has 2 aromatic heterocycles. The van der Waals surface area contributed by atoms with Crippen molar-refractivity contribution in [3.8, 4) is 56.6 Å². The second-order valence-corrected chi connectivity index (χ2v) is 12.4. The van der Waals surface area contributed by atoms with Gasteiger partial charge in [0, 0.05) is 39.3 Å². The normalized spacial score (nSPS) is 11.1. The molecule has 6 heteroatoms. The maximum atomic E-state index is 6.06. The summed E-state index contributed by atoms with van der Waals surface area (Å²) in [6.07, 6.45) is 0. The lowest BCUT2D eigenvalue weighted by Gasteiger charge is -2.26. The minimum atomic E-state index is 0.472. The van der Waals surface area contributed by atoms with Crippen molar-refractivity contribution < 1.29 is 4.42 Å². The van der Waals surface area contributed by atoms with E-state index in [0.29, 0.717) is 11.8 Å². The zero-order chi connectivity index (χ0) is 34.7. The van der Waals surface area contributed by atoms with Crippen LogP contribution in [-0.2, 0) is 0 Å². The van der Waals surface area contributed by atoms with E-state index in [1.54, 1.807) is 0 Å². The largest absolute Gasteiger partial charge is 0.416 e. The molecule has 52 heavy (non-hydrogen) atoms. The van der Waals surface area contributed by atoms with E-state index in [1.165, 1.54) is 5.56 Å². The van der Waals surface area contributed by atoms with Crippen LogP contribution >= 0.6 is 0 Å². The number of nitrogens with zero attached hydrogens (tertiary/aromatic N) is 5. The van der Waals surface area contributed by atoms with Crippen molar-refractivity contribution in [1.82, 2.24) is 20.2 Å². The van der Waals surface area contributed by atoms with Gasteiger partial charge in [0.25, 0.3) is 0 Å². The fourth-order valence-electron chi connectivity index (χ4n) is 6.44. The van der Waals surface area contributed by atoms with E-state index in [4.69, 9.17) is 14.4 Å². The zero-order valence-electron chi connectivity index (χ0n) is 28.0. The van der Waals surface area contributed by atoms with Crippen molar-refractivity contribution in [3.05, 3.63) is 188 Å². The average Bonchev–Trinajstić information content (AvgIpc) is 3.73. The molecule has 6 nitrogen and oxygen atoms in total. The highest BCUT2D eigenvalue weighted by molar-refractivity contribution is 5.87. The van der Waals surface area contributed by atoms with Gasteiger partial charge in [-0.2, -0.15) is 0 Å². The van der Waals surface area contributed by atoms with Crippen LogP contribution in [0.4, 0.5) is 17.1 Å².